The second-order valence-corrected chi connectivity index (χ2v) is 4.95. The number of alkyl halides is 3. The van der Waals surface area contributed by atoms with Crippen molar-refractivity contribution in [1.82, 2.24) is 10.2 Å². The first-order valence-corrected chi connectivity index (χ1v) is 6.48. The van der Waals surface area contributed by atoms with Gasteiger partial charge in [-0.25, -0.2) is 0 Å². The average Bonchev–Trinajstić information content (AvgIpc) is 2.68. The molecule has 0 aromatic heterocycles. The van der Waals surface area contributed by atoms with Gasteiger partial charge in [0.25, 0.3) is 11.8 Å². The highest BCUT2D eigenvalue weighted by Crippen LogP contribution is 2.31. The number of rotatable bonds is 3. The summed E-state index contributed by atoms with van der Waals surface area (Å²) in [6.45, 7) is 6.89. The lowest BCUT2D eigenvalue weighted by Gasteiger charge is -2.35. The van der Waals surface area contributed by atoms with E-state index >= 15 is 0 Å². The van der Waals surface area contributed by atoms with Crippen molar-refractivity contribution in [2.75, 3.05) is 6.54 Å². The van der Waals surface area contributed by atoms with Crippen molar-refractivity contribution in [2.45, 2.75) is 31.1 Å². The molecule has 7 heteroatoms. The molecule has 2 aliphatic rings. The Bertz CT molecular complexity index is 499. The third-order valence-electron chi connectivity index (χ3n) is 3.75. The minimum Gasteiger partial charge on any atom is -0.304 e. The predicted molar refractivity (Wildman–Crippen MR) is 70.1 cm³/mol. The van der Waals surface area contributed by atoms with Gasteiger partial charge in [-0.3, -0.25) is 14.5 Å². The van der Waals surface area contributed by atoms with Gasteiger partial charge in [-0.15, -0.1) is 0 Å². The third-order valence-corrected chi connectivity index (χ3v) is 3.75. The van der Waals surface area contributed by atoms with Crippen LogP contribution in [0.4, 0.5) is 13.2 Å². The number of halogens is 3. The van der Waals surface area contributed by atoms with Gasteiger partial charge < -0.3 is 5.32 Å². The van der Waals surface area contributed by atoms with Crippen molar-refractivity contribution < 1.29 is 22.8 Å². The van der Waals surface area contributed by atoms with Crippen molar-refractivity contribution >= 4 is 11.8 Å². The summed E-state index contributed by atoms with van der Waals surface area (Å²) < 4.78 is 37.8. The van der Waals surface area contributed by atoms with E-state index in [-0.39, 0.29) is 30.5 Å². The van der Waals surface area contributed by atoms with E-state index in [0.29, 0.717) is 0 Å². The van der Waals surface area contributed by atoms with Gasteiger partial charge in [-0.05, 0) is 12.8 Å². The van der Waals surface area contributed by atoms with Crippen molar-refractivity contribution in [3.8, 4) is 0 Å². The molecular weight excluding hydrogens is 285 g/mol. The fourth-order valence-electron chi connectivity index (χ4n) is 2.65. The number of nitrogens with zero attached hydrogens (tertiary/aromatic N) is 1. The molecule has 0 saturated carbocycles. The molecule has 0 aromatic carbocycles. The number of amides is 2. The summed E-state index contributed by atoms with van der Waals surface area (Å²) in [7, 11) is 0. The number of hydrogen-bond donors (Lipinski definition) is 1. The molecule has 2 rings (SSSR count). The van der Waals surface area contributed by atoms with Crippen LogP contribution in [-0.4, -0.2) is 41.5 Å². The van der Waals surface area contributed by atoms with Crippen LogP contribution < -0.4 is 5.32 Å². The summed E-state index contributed by atoms with van der Waals surface area (Å²) in [4.78, 5) is 25.4. The molecule has 0 aromatic rings. The fourth-order valence-corrected chi connectivity index (χ4v) is 2.65. The maximum absolute atomic E-state index is 12.6. The lowest BCUT2D eigenvalue weighted by atomic mass is 9.99. The van der Waals surface area contributed by atoms with Crippen LogP contribution in [0, 0.1) is 0 Å². The first kappa shape index (κ1) is 15.5. The maximum atomic E-state index is 12.6. The number of imide groups is 1. The first-order valence-electron chi connectivity index (χ1n) is 6.48. The zero-order valence-corrected chi connectivity index (χ0v) is 11.2. The van der Waals surface area contributed by atoms with E-state index in [0.717, 1.165) is 4.90 Å². The van der Waals surface area contributed by atoms with Crippen molar-refractivity contribution in [3.63, 3.8) is 0 Å². The third kappa shape index (κ3) is 2.65. The molecule has 1 N–H and O–H groups in total. The Morgan fingerprint density at radius 2 is 1.62 bits per heavy atom. The Balaban J connectivity index is 2.12. The van der Waals surface area contributed by atoms with E-state index in [2.05, 4.69) is 18.5 Å². The largest absolute Gasteiger partial charge is 0.403 e. The van der Waals surface area contributed by atoms with Crippen LogP contribution in [0.15, 0.2) is 36.5 Å². The lowest BCUT2D eigenvalue weighted by molar-refractivity contribution is -0.163. The number of nitrogens with one attached hydrogen (secondary N) is 1. The molecule has 0 radical (unpaired) electrons. The second kappa shape index (κ2) is 5.48. The summed E-state index contributed by atoms with van der Waals surface area (Å²) >= 11 is 0. The van der Waals surface area contributed by atoms with E-state index in [1.165, 1.54) is 12.2 Å². The molecule has 0 aliphatic carbocycles. The molecule has 4 nitrogen and oxygen atoms in total. The molecule has 2 aliphatic heterocycles. The number of carbonyl (C=O) groups excluding carboxylic acids is 2. The van der Waals surface area contributed by atoms with Crippen molar-refractivity contribution in [3.05, 3.63) is 36.5 Å². The Morgan fingerprint density at radius 1 is 1.10 bits per heavy atom. The molecule has 2 atom stereocenters. The van der Waals surface area contributed by atoms with E-state index in [1.807, 2.05) is 0 Å². The molecule has 2 unspecified atom stereocenters. The minimum absolute atomic E-state index is 0.0729. The Kier molecular flexibility index (Phi) is 4.04. The average molecular weight is 300 g/mol. The van der Waals surface area contributed by atoms with Crippen molar-refractivity contribution in [1.29, 1.82) is 0 Å². The van der Waals surface area contributed by atoms with E-state index < -0.39 is 30.1 Å². The molecule has 2 heterocycles. The normalized spacial score (nSPS) is 27.3. The molecule has 1 fully saturated rings. The van der Waals surface area contributed by atoms with Crippen LogP contribution in [0.2, 0.25) is 0 Å². The smallest absolute Gasteiger partial charge is 0.304 e. The topological polar surface area (TPSA) is 49.4 Å². The molecular formula is C14H15F3N2O2. The van der Waals surface area contributed by atoms with Gasteiger partial charge in [0.15, 0.2) is 0 Å². The van der Waals surface area contributed by atoms with Crippen LogP contribution in [0.5, 0.6) is 0 Å². The Morgan fingerprint density at radius 3 is 1.95 bits per heavy atom. The number of piperidine rings is 1. The zero-order chi connectivity index (χ0) is 15.8. The summed E-state index contributed by atoms with van der Waals surface area (Å²) in [5, 5.41) is 2.35. The highest BCUT2D eigenvalue weighted by atomic mass is 19.4. The SMILES string of the molecule is C=CC1=C(C=C)C(=O)N(C2CCC(C(F)(F)F)NC2)C1=O. The number of carbonyl (C=O) groups is 2. The molecule has 21 heavy (non-hydrogen) atoms. The van der Waals surface area contributed by atoms with E-state index in [1.54, 1.807) is 0 Å². The van der Waals surface area contributed by atoms with Crippen LogP contribution in [0.3, 0.4) is 0 Å². The second-order valence-electron chi connectivity index (χ2n) is 4.95. The Labute approximate surface area is 120 Å². The molecule has 1 saturated heterocycles. The van der Waals surface area contributed by atoms with Gasteiger partial charge in [0.05, 0.1) is 17.2 Å². The van der Waals surface area contributed by atoms with Gasteiger partial charge in [0, 0.05) is 6.54 Å². The minimum atomic E-state index is -4.32. The lowest BCUT2D eigenvalue weighted by Crippen LogP contribution is -2.55. The summed E-state index contributed by atoms with van der Waals surface area (Å²) in [6, 6.07) is -2.18. The standard InChI is InChI=1S/C14H15F3N2O2/c1-3-9-10(4-2)13(21)19(12(9)20)8-5-6-11(18-7-8)14(15,16)17/h3-4,8,11,18H,1-2,5-7H2. The maximum Gasteiger partial charge on any atom is 0.403 e. The zero-order valence-electron chi connectivity index (χ0n) is 11.2. The quantitative estimate of drug-likeness (QED) is 0.807. The van der Waals surface area contributed by atoms with Crippen LogP contribution in [0.1, 0.15) is 12.8 Å². The summed E-state index contributed by atoms with van der Waals surface area (Å²) in [5.41, 5.74) is 0.292. The first-order chi connectivity index (χ1) is 9.81. The highest BCUT2D eigenvalue weighted by molar-refractivity contribution is 6.22. The number of hydrogen-bond acceptors (Lipinski definition) is 3. The van der Waals surface area contributed by atoms with Gasteiger partial charge in [-0.1, -0.05) is 25.3 Å². The Hall–Kier alpha value is -1.89. The molecule has 2 amide bonds. The van der Waals surface area contributed by atoms with Crippen LogP contribution in [-0.2, 0) is 9.59 Å². The van der Waals surface area contributed by atoms with Gasteiger partial charge >= 0.3 is 6.18 Å². The van der Waals surface area contributed by atoms with Crippen molar-refractivity contribution in [2.24, 2.45) is 0 Å². The van der Waals surface area contributed by atoms with Crippen LogP contribution in [0.25, 0.3) is 0 Å². The molecule has 114 valence electrons. The van der Waals surface area contributed by atoms with E-state index in [9.17, 15) is 22.8 Å². The summed E-state index contributed by atoms with van der Waals surface area (Å²) in [5.74, 6) is -1.05. The molecule has 0 spiro atoms. The van der Waals surface area contributed by atoms with E-state index in [4.69, 9.17) is 0 Å². The predicted octanol–water partition coefficient (Wildman–Crippen LogP) is 1.71. The van der Waals surface area contributed by atoms with Crippen LogP contribution >= 0.6 is 0 Å². The highest BCUT2D eigenvalue weighted by Gasteiger charge is 2.46. The van der Waals surface area contributed by atoms with Gasteiger partial charge in [0.1, 0.15) is 6.04 Å². The monoisotopic (exact) mass is 300 g/mol. The molecule has 0 bridgehead atoms. The van der Waals surface area contributed by atoms with Gasteiger partial charge in [-0.2, -0.15) is 13.2 Å². The summed E-state index contributed by atoms with van der Waals surface area (Å²) in [6.07, 6.45) is -1.83. The van der Waals surface area contributed by atoms with Gasteiger partial charge in [0.2, 0.25) is 0 Å². The fraction of sp³-hybridized carbons (Fsp3) is 0.429.